The molecule has 1 aliphatic heterocycles. The Morgan fingerprint density at radius 3 is 2.73 bits per heavy atom. The first-order valence-corrected chi connectivity index (χ1v) is 8.91. The Hall–Kier alpha value is -1.33. The summed E-state index contributed by atoms with van der Waals surface area (Å²) in [6.45, 7) is 0. The van der Waals surface area contributed by atoms with Gasteiger partial charge in [-0.05, 0) is 42.4 Å². The van der Waals surface area contributed by atoms with Crippen LogP contribution in [0.2, 0.25) is 5.02 Å². The van der Waals surface area contributed by atoms with E-state index in [-0.39, 0.29) is 17.6 Å². The van der Waals surface area contributed by atoms with Crippen LogP contribution in [0.3, 0.4) is 0 Å². The van der Waals surface area contributed by atoms with Crippen molar-refractivity contribution in [2.75, 3.05) is 0 Å². The SMILES string of the molecule is O=C1N=NC(SCc2ccc(Cl)cc2)N1C1CC2C=CC1C2. The average Bonchev–Trinajstić information content (AvgIpc) is 3.22. The largest absolute Gasteiger partial charge is 0.364 e. The van der Waals surface area contributed by atoms with Gasteiger partial charge < -0.3 is 0 Å². The molecule has 0 aromatic heterocycles. The number of benzene rings is 1. The van der Waals surface area contributed by atoms with Crippen molar-refractivity contribution in [1.82, 2.24) is 4.90 Å². The number of hydrogen-bond donors (Lipinski definition) is 0. The van der Waals surface area contributed by atoms with Crippen LogP contribution < -0.4 is 0 Å². The van der Waals surface area contributed by atoms with Crippen LogP contribution in [0.25, 0.3) is 0 Å². The van der Waals surface area contributed by atoms with Crippen molar-refractivity contribution >= 4 is 29.4 Å². The number of hydrogen-bond acceptors (Lipinski definition) is 3. The molecule has 1 saturated carbocycles. The molecule has 2 bridgehead atoms. The van der Waals surface area contributed by atoms with Crippen LogP contribution in [0.4, 0.5) is 4.79 Å². The summed E-state index contributed by atoms with van der Waals surface area (Å²) in [6.07, 6.45) is 6.76. The van der Waals surface area contributed by atoms with E-state index in [1.54, 1.807) is 11.8 Å². The van der Waals surface area contributed by atoms with E-state index < -0.39 is 0 Å². The van der Waals surface area contributed by atoms with E-state index in [0.29, 0.717) is 11.8 Å². The van der Waals surface area contributed by atoms with Crippen molar-refractivity contribution in [1.29, 1.82) is 0 Å². The number of amides is 2. The van der Waals surface area contributed by atoms with E-state index in [0.717, 1.165) is 17.2 Å². The Balaban J connectivity index is 1.44. The van der Waals surface area contributed by atoms with Gasteiger partial charge in [0.2, 0.25) is 0 Å². The van der Waals surface area contributed by atoms with Gasteiger partial charge in [-0.25, -0.2) is 4.79 Å². The molecule has 1 heterocycles. The summed E-state index contributed by atoms with van der Waals surface area (Å²) in [5.41, 5.74) is 0.984. The highest BCUT2D eigenvalue weighted by Gasteiger charge is 2.45. The molecule has 0 saturated heterocycles. The molecule has 4 unspecified atom stereocenters. The molecule has 0 N–H and O–H groups in total. The fraction of sp³-hybridized carbons (Fsp3) is 0.438. The number of rotatable bonds is 4. The molecular weight excluding hydrogens is 318 g/mol. The maximum Gasteiger partial charge on any atom is 0.364 e. The molecular formula is C16H16ClN3OS. The minimum atomic E-state index is -0.194. The lowest BCUT2D eigenvalue weighted by Crippen LogP contribution is -2.42. The number of carbonyl (C=O) groups is 1. The third-order valence-corrected chi connectivity index (χ3v) is 5.99. The maximum absolute atomic E-state index is 12.1. The molecule has 2 aliphatic carbocycles. The second-order valence-corrected chi connectivity index (χ2v) is 7.50. The average molecular weight is 334 g/mol. The molecule has 22 heavy (non-hydrogen) atoms. The van der Waals surface area contributed by atoms with Gasteiger partial charge >= 0.3 is 6.03 Å². The zero-order valence-corrected chi connectivity index (χ0v) is 13.5. The van der Waals surface area contributed by atoms with Gasteiger partial charge in [-0.1, -0.05) is 41.0 Å². The van der Waals surface area contributed by atoms with Crippen LogP contribution in [-0.2, 0) is 5.75 Å². The first-order valence-electron chi connectivity index (χ1n) is 7.48. The van der Waals surface area contributed by atoms with Crippen LogP contribution in [0, 0.1) is 11.8 Å². The molecule has 6 heteroatoms. The van der Waals surface area contributed by atoms with Crippen LogP contribution in [0.5, 0.6) is 0 Å². The lowest BCUT2D eigenvalue weighted by atomic mass is 10.0. The molecule has 0 spiro atoms. The Kier molecular flexibility index (Phi) is 3.70. The van der Waals surface area contributed by atoms with E-state index in [9.17, 15) is 4.79 Å². The monoisotopic (exact) mass is 333 g/mol. The lowest BCUT2D eigenvalue weighted by molar-refractivity contribution is 0.180. The Morgan fingerprint density at radius 1 is 1.23 bits per heavy atom. The van der Waals surface area contributed by atoms with E-state index in [1.165, 1.54) is 12.0 Å². The molecule has 1 fully saturated rings. The molecule has 114 valence electrons. The molecule has 0 radical (unpaired) electrons. The van der Waals surface area contributed by atoms with Crippen molar-refractivity contribution in [2.24, 2.45) is 22.1 Å². The fourth-order valence-corrected chi connectivity index (χ4v) is 4.72. The zero-order valence-electron chi connectivity index (χ0n) is 11.9. The second kappa shape index (κ2) is 5.70. The van der Waals surface area contributed by atoms with E-state index in [4.69, 9.17) is 11.6 Å². The predicted octanol–water partition coefficient (Wildman–Crippen LogP) is 4.71. The number of fused-ring (bicyclic) bond motifs is 2. The third kappa shape index (κ3) is 2.57. The Morgan fingerprint density at radius 2 is 2.05 bits per heavy atom. The second-order valence-electron chi connectivity index (χ2n) is 6.02. The highest BCUT2D eigenvalue weighted by Crippen LogP contribution is 2.44. The molecule has 1 aromatic carbocycles. The van der Waals surface area contributed by atoms with Crippen molar-refractivity contribution < 1.29 is 4.79 Å². The molecule has 4 nitrogen and oxygen atoms in total. The normalized spacial score (nSPS) is 32.4. The summed E-state index contributed by atoms with van der Waals surface area (Å²) in [4.78, 5) is 14.0. The van der Waals surface area contributed by atoms with Gasteiger partial charge in [0.1, 0.15) is 0 Å². The topological polar surface area (TPSA) is 45.0 Å². The lowest BCUT2D eigenvalue weighted by Gasteiger charge is -2.31. The van der Waals surface area contributed by atoms with Gasteiger partial charge in [0.25, 0.3) is 0 Å². The number of carbonyl (C=O) groups excluding carboxylic acids is 1. The summed E-state index contributed by atoms with van der Waals surface area (Å²) in [7, 11) is 0. The van der Waals surface area contributed by atoms with Crippen LogP contribution >= 0.6 is 23.4 Å². The molecule has 4 atom stereocenters. The highest BCUT2D eigenvalue weighted by atomic mass is 35.5. The molecule has 3 aliphatic rings. The smallest absolute Gasteiger partial charge is 0.285 e. The van der Waals surface area contributed by atoms with Gasteiger partial charge in [0, 0.05) is 16.8 Å². The fourth-order valence-electron chi connectivity index (χ4n) is 3.54. The van der Waals surface area contributed by atoms with Crippen LogP contribution in [0.1, 0.15) is 18.4 Å². The first kappa shape index (κ1) is 14.3. The summed E-state index contributed by atoms with van der Waals surface area (Å²) < 4.78 is 0. The number of azo groups is 1. The summed E-state index contributed by atoms with van der Waals surface area (Å²) in [6, 6.07) is 7.87. The number of thioether (sulfide) groups is 1. The van der Waals surface area contributed by atoms with Gasteiger partial charge in [0.15, 0.2) is 5.50 Å². The van der Waals surface area contributed by atoms with Gasteiger partial charge in [-0.15, -0.1) is 16.9 Å². The van der Waals surface area contributed by atoms with E-state index >= 15 is 0 Å². The van der Waals surface area contributed by atoms with Gasteiger partial charge in [-0.2, -0.15) is 0 Å². The van der Waals surface area contributed by atoms with E-state index in [2.05, 4.69) is 22.4 Å². The zero-order chi connectivity index (χ0) is 15.1. The van der Waals surface area contributed by atoms with Gasteiger partial charge in [0.05, 0.1) is 0 Å². The van der Waals surface area contributed by atoms with Crippen LogP contribution in [-0.4, -0.2) is 22.5 Å². The minimum absolute atomic E-state index is 0.181. The Labute approximate surface area is 138 Å². The molecule has 4 rings (SSSR count). The number of halogens is 1. The number of nitrogens with zero attached hydrogens (tertiary/aromatic N) is 3. The van der Waals surface area contributed by atoms with Crippen molar-refractivity contribution in [3.8, 4) is 0 Å². The van der Waals surface area contributed by atoms with Gasteiger partial charge in [-0.3, -0.25) is 4.90 Å². The maximum atomic E-state index is 12.1. The molecule has 2 amide bonds. The minimum Gasteiger partial charge on any atom is -0.285 e. The van der Waals surface area contributed by atoms with E-state index in [1.807, 2.05) is 29.2 Å². The predicted molar refractivity (Wildman–Crippen MR) is 87.8 cm³/mol. The first-order chi connectivity index (χ1) is 10.7. The third-order valence-electron chi connectivity index (χ3n) is 4.61. The number of allylic oxidation sites excluding steroid dienone is 1. The number of urea groups is 1. The van der Waals surface area contributed by atoms with Crippen molar-refractivity contribution in [3.63, 3.8) is 0 Å². The van der Waals surface area contributed by atoms with Crippen molar-refractivity contribution in [2.45, 2.75) is 30.1 Å². The van der Waals surface area contributed by atoms with Crippen LogP contribution in [0.15, 0.2) is 46.6 Å². The highest BCUT2D eigenvalue weighted by molar-refractivity contribution is 7.99. The summed E-state index contributed by atoms with van der Waals surface area (Å²) in [5, 5.41) is 8.71. The summed E-state index contributed by atoms with van der Waals surface area (Å²) in [5.74, 6) is 1.91. The standard InChI is InChI=1S/C16H16ClN3OS/c17-13-5-2-10(3-6-13)9-22-16-19-18-15(21)20(16)14-8-11-1-4-12(14)7-11/h1-6,11-12,14,16H,7-9H2. The summed E-state index contributed by atoms with van der Waals surface area (Å²) >= 11 is 7.55. The van der Waals surface area contributed by atoms with Crippen molar-refractivity contribution in [3.05, 3.63) is 47.0 Å². The molecule has 1 aromatic rings. The quantitative estimate of drug-likeness (QED) is 0.749. The Bertz CT molecular complexity index is 645.